The fraction of sp³-hybridized carbons (Fsp3) is 0.286. The molecule has 20 heavy (non-hydrogen) atoms. The van der Waals surface area contributed by atoms with Crippen LogP contribution >= 0.6 is 11.6 Å². The van der Waals surface area contributed by atoms with Crippen molar-refractivity contribution in [2.24, 2.45) is 5.84 Å². The van der Waals surface area contributed by atoms with Crippen LogP contribution in [-0.2, 0) is 17.8 Å². The summed E-state index contributed by atoms with van der Waals surface area (Å²) in [7, 11) is 0. The monoisotopic (exact) mass is 292 g/mol. The number of aromatic nitrogens is 2. The van der Waals surface area contributed by atoms with Crippen LogP contribution in [0.1, 0.15) is 22.5 Å². The number of halogens is 1. The zero-order valence-electron chi connectivity index (χ0n) is 11.5. The second kappa shape index (κ2) is 6.07. The van der Waals surface area contributed by atoms with Crippen molar-refractivity contribution in [3.05, 3.63) is 51.8 Å². The molecule has 106 valence electrons. The molecular formula is C14H17ClN4O. The van der Waals surface area contributed by atoms with Gasteiger partial charge < -0.3 is 0 Å². The summed E-state index contributed by atoms with van der Waals surface area (Å²) in [6.45, 7) is 4.49. The zero-order chi connectivity index (χ0) is 14.7. The van der Waals surface area contributed by atoms with Crippen molar-refractivity contribution < 1.29 is 4.79 Å². The van der Waals surface area contributed by atoms with Crippen molar-refractivity contribution in [3.8, 4) is 0 Å². The highest BCUT2D eigenvalue weighted by atomic mass is 35.5. The van der Waals surface area contributed by atoms with Gasteiger partial charge in [-0.3, -0.25) is 14.9 Å². The second-order valence-corrected chi connectivity index (χ2v) is 5.08. The number of amides is 1. The first-order valence-electron chi connectivity index (χ1n) is 6.28. The van der Waals surface area contributed by atoms with E-state index in [1.54, 1.807) is 0 Å². The molecule has 2 rings (SSSR count). The SMILES string of the molecule is Cc1nn(Cc2ccc(CC(=O)NN)cc2)c(C)c1Cl. The zero-order valence-corrected chi connectivity index (χ0v) is 12.2. The number of nitrogens with two attached hydrogens (primary N) is 1. The third kappa shape index (κ3) is 3.18. The van der Waals surface area contributed by atoms with Crippen LogP contribution in [0.15, 0.2) is 24.3 Å². The van der Waals surface area contributed by atoms with E-state index >= 15 is 0 Å². The summed E-state index contributed by atoms with van der Waals surface area (Å²) in [4.78, 5) is 11.2. The van der Waals surface area contributed by atoms with Gasteiger partial charge in [-0.25, -0.2) is 5.84 Å². The standard InChI is InChI=1S/C14H17ClN4O/c1-9-14(15)10(2)19(18-9)8-12-5-3-11(4-6-12)7-13(20)17-16/h3-6H,7-8,16H2,1-2H3,(H,17,20). The lowest BCUT2D eigenvalue weighted by Crippen LogP contribution is -2.31. The summed E-state index contributed by atoms with van der Waals surface area (Å²) < 4.78 is 1.87. The van der Waals surface area contributed by atoms with Crippen molar-refractivity contribution >= 4 is 17.5 Å². The number of hydrogen-bond acceptors (Lipinski definition) is 3. The smallest absolute Gasteiger partial charge is 0.238 e. The molecule has 1 aromatic heterocycles. The summed E-state index contributed by atoms with van der Waals surface area (Å²) in [6.07, 6.45) is 0.280. The first-order chi connectivity index (χ1) is 9.51. The van der Waals surface area contributed by atoms with Crippen LogP contribution in [0.4, 0.5) is 0 Å². The minimum atomic E-state index is -0.205. The predicted octanol–water partition coefficient (Wildman–Crippen LogP) is 1.73. The Morgan fingerprint density at radius 3 is 2.40 bits per heavy atom. The lowest BCUT2D eigenvalue weighted by Gasteiger charge is -2.06. The number of aryl methyl sites for hydroxylation is 1. The van der Waals surface area contributed by atoms with E-state index in [9.17, 15) is 4.79 Å². The normalized spacial score (nSPS) is 10.6. The first kappa shape index (κ1) is 14.6. The van der Waals surface area contributed by atoms with Crippen molar-refractivity contribution in [1.82, 2.24) is 15.2 Å². The number of nitrogens with zero attached hydrogens (tertiary/aromatic N) is 2. The molecular weight excluding hydrogens is 276 g/mol. The summed E-state index contributed by atoms with van der Waals surface area (Å²) in [5.41, 5.74) is 5.93. The number of benzene rings is 1. The molecule has 1 amide bonds. The van der Waals surface area contributed by atoms with E-state index in [-0.39, 0.29) is 12.3 Å². The Labute approximate surface area is 122 Å². The molecule has 6 heteroatoms. The van der Waals surface area contributed by atoms with Crippen LogP contribution in [0.2, 0.25) is 5.02 Å². The van der Waals surface area contributed by atoms with E-state index < -0.39 is 0 Å². The third-order valence-electron chi connectivity index (χ3n) is 3.17. The number of rotatable bonds is 4. The molecule has 0 aliphatic heterocycles. The van der Waals surface area contributed by atoms with Gasteiger partial charge in [0.2, 0.25) is 5.91 Å². The minimum Gasteiger partial charge on any atom is -0.294 e. The Balaban J connectivity index is 2.10. The minimum absolute atomic E-state index is 0.205. The number of carbonyl (C=O) groups is 1. The summed E-state index contributed by atoms with van der Waals surface area (Å²) in [5, 5.41) is 5.10. The van der Waals surface area contributed by atoms with Gasteiger partial charge in [0.15, 0.2) is 0 Å². The first-order valence-corrected chi connectivity index (χ1v) is 6.66. The van der Waals surface area contributed by atoms with E-state index in [0.717, 1.165) is 22.5 Å². The van der Waals surface area contributed by atoms with E-state index in [0.29, 0.717) is 11.6 Å². The van der Waals surface area contributed by atoms with Crippen molar-refractivity contribution in [3.63, 3.8) is 0 Å². The maximum absolute atomic E-state index is 11.2. The molecule has 3 N–H and O–H groups in total. The van der Waals surface area contributed by atoms with Crippen molar-refractivity contribution in [2.45, 2.75) is 26.8 Å². The molecule has 0 fully saturated rings. The lowest BCUT2D eigenvalue weighted by atomic mass is 10.1. The maximum atomic E-state index is 11.2. The molecule has 0 aliphatic carbocycles. The Bertz CT molecular complexity index is 619. The van der Waals surface area contributed by atoms with Gasteiger partial charge in [-0.05, 0) is 25.0 Å². The average Bonchev–Trinajstić information content (AvgIpc) is 2.68. The summed E-state index contributed by atoms with van der Waals surface area (Å²) in [6, 6.07) is 7.78. The van der Waals surface area contributed by atoms with Crippen molar-refractivity contribution in [2.75, 3.05) is 0 Å². The molecule has 0 aliphatic rings. The molecule has 0 bridgehead atoms. The van der Waals surface area contributed by atoms with Gasteiger partial charge in [0, 0.05) is 0 Å². The average molecular weight is 293 g/mol. The molecule has 0 spiro atoms. The van der Waals surface area contributed by atoms with Crippen LogP contribution < -0.4 is 11.3 Å². The quantitative estimate of drug-likeness (QED) is 0.512. The topological polar surface area (TPSA) is 72.9 Å². The highest BCUT2D eigenvalue weighted by Crippen LogP contribution is 2.20. The fourth-order valence-electron chi connectivity index (χ4n) is 2.00. The Hall–Kier alpha value is -1.85. The van der Waals surface area contributed by atoms with Gasteiger partial charge >= 0.3 is 0 Å². The van der Waals surface area contributed by atoms with Crippen LogP contribution in [0, 0.1) is 13.8 Å². The number of hydrogen-bond donors (Lipinski definition) is 2. The fourth-order valence-corrected chi connectivity index (χ4v) is 2.14. The largest absolute Gasteiger partial charge is 0.294 e. The lowest BCUT2D eigenvalue weighted by molar-refractivity contribution is -0.120. The Morgan fingerprint density at radius 2 is 1.90 bits per heavy atom. The summed E-state index contributed by atoms with van der Waals surface area (Å²) in [5.74, 6) is 4.86. The van der Waals surface area contributed by atoms with E-state index in [1.807, 2.05) is 42.8 Å². The molecule has 1 aromatic carbocycles. The van der Waals surface area contributed by atoms with Gasteiger partial charge in [-0.15, -0.1) is 0 Å². The number of hydrazine groups is 1. The maximum Gasteiger partial charge on any atom is 0.238 e. The van der Waals surface area contributed by atoms with Crippen LogP contribution in [0.3, 0.4) is 0 Å². The molecule has 0 saturated carbocycles. The van der Waals surface area contributed by atoms with Gasteiger partial charge in [0.25, 0.3) is 0 Å². The Morgan fingerprint density at radius 1 is 1.30 bits per heavy atom. The molecule has 0 unspecified atom stereocenters. The molecule has 0 atom stereocenters. The highest BCUT2D eigenvalue weighted by Gasteiger charge is 2.09. The highest BCUT2D eigenvalue weighted by molar-refractivity contribution is 6.31. The molecule has 0 saturated heterocycles. The molecule has 0 radical (unpaired) electrons. The van der Waals surface area contributed by atoms with Gasteiger partial charge in [0.1, 0.15) is 0 Å². The van der Waals surface area contributed by atoms with Crippen LogP contribution in [0.5, 0.6) is 0 Å². The number of nitrogens with one attached hydrogen (secondary N) is 1. The molecule has 2 aromatic rings. The van der Waals surface area contributed by atoms with E-state index in [1.165, 1.54) is 0 Å². The second-order valence-electron chi connectivity index (χ2n) is 4.70. The number of carbonyl (C=O) groups excluding carboxylic acids is 1. The van der Waals surface area contributed by atoms with Crippen LogP contribution in [-0.4, -0.2) is 15.7 Å². The van der Waals surface area contributed by atoms with E-state index in [2.05, 4.69) is 10.5 Å². The third-order valence-corrected chi connectivity index (χ3v) is 3.72. The van der Waals surface area contributed by atoms with Gasteiger partial charge in [-0.2, -0.15) is 5.10 Å². The molecule has 5 nitrogen and oxygen atoms in total. The molecule has 1 heterocycles. The van der Waals surface area contributed by atoms with E-state index in [4.69, 9.17) is 17.4 Å². The summed E-state index contributed by atoms with van der Waals surface area (Å²) >= 11 is 6.12. The van der Waals surface area contributed by atoms with Gasteiger partial charge in [0.05, 0.1) is 29.4 Å². The predicted molar refractivity (Wildman–Crippen MR) is 78.3 cm³/mol. The van der Waals surface area contributed by atoms with Crippen LogP contribution in [0.25, 0.3) is 0 Å². The van der Waals surface area contributed by atoms with Gasteiger partial charge in [-0.1, -0.05) is 35.9 Å². The van der Waals surface area contributed by atoms with Crippen molar-refractivity contribution in [1.29, 1.82) is 0 Å². The Kier molecular flexibility index (Phi) is 4.42.